The van der Waals surface area contributed by atoms with Crippen LogP contribution in [0.4, 0.5) is 4.79 Å². The standard InChI is InChI=1S/C39H72O3/c1-3-5-7-9-11-13-15-17-19-21-22-24-26-28-30-32-34-36-38-42-39(40)41-37-35-33-31-29-27-25-23-20-18-16-14-12-10-8-6-4-2/h12,14,18,20-22H,3-11,13,15-17,19,23-38H2,1-2H3. The second-order valence-electron chi connectivity index (χ2n) is 12.2. The molecule has 0 aliphatic heterocycles. The minimum absolute atomic E-state index is 0.487. The minimum atomic E-state index is -0.489. The predicted octanol–water partition coefficient (Wildman–Crippen LogP) is 13.8. The van der Waals surface area contributed by atoms with Crippen molar-refractivity contribution < 1.29 is 14.3 Å². The molecule has 42 heavy (non-hydrogen) atoms. The fraction of sp³-hybridized carbons (Fsp3) is 0.821. The molecule has 3 heteroatoms. The largest absolute Gasteiger partial charge is 0.508 e. The second kappa shape index (κ2) is 37.5. The van der Waals surface area contributed by atoms with E-state index < -0.39 is 6.16 Å². The van der Waals surface area contributed by atoms with Gasteiger partial charge in [0.05, 0.1) is 13.2 Å². The summed E-state index contributed by atoms with van der Waals surface area (Å²) in [6.07, 6.45) is 49.0. The molecule has 0 heterocycles. The first-order valence-corrected chi connectivity index (χ1v) is 18.6. The van der Waals surface area contributed by atoms with Crippen LogP contribution in [0.2, 0.25) is 0 Å². The normalized spacial score (nSPS) is 11.9. The van der Waals surface area contributed by atoms with Crippen LogP contribution in [0, 0.1) is 0 Å². The summed E-state index contributed by atoms with van der Waals surface area (Å²) in [5.74, 6) is 0. The summed E-state index contributed by atoms with van der Waals surface area (Å²) in [7, 11) is 0. The van der Waals surface area contributed by atoms with Crippen molar-refractivity contribution in [1.82, 2.24) is 0 Å². The lowest BCUT2D eigenvalue weighted by atomic mass is 10.1. The quantitative estimate of drug-likeness (QED) is 0.0434. The fourth-order valence-corrected chi connectivity index (χ4v) is 5.15. The lowest BCUT2D eigenvalue weighted by Crippen LogP contribution is -2.09. The van der Waals surface area contributed by atoms with Crippen molar-refractivity contribution in [3.63, 3.8) is 0 Å². The summed E-state index contributed by atoms with van der Waals surface area (Å²) in [6.45, 7) is 5.51. The van der Waals surface area contributed by atoms with E-state index in [1.54, 1.807) is 0 Å². The molecule has 0 radical (unpaired) electrons. The van der Waals surface area contributed by atoms with Gasteiger partial charge in [0, 0.05) is 0 Å². The Morgan fingerprint density at radius 1 is 0.381 bits per heavy atom. The average molecular weight is 589 g/mol. The molecule has 0 aliphatic rings. The van der Waals surface area contributed by atoms with Crippen molar-refractivity contribution >= 4 is 6.16 Å². The van der Waals surface area contributed by atoms with E-state index >= 15 is 0 Å². The average Bonchev–Trinajstić information content (AvgIpc) is 3.00. The smallest absolute Gasteiger partial charge is 0.434 e. The Kier molecular flexibility index (Phi) is 36.2. The first-order valence-electron chi connectivity index (χ1n) is 18.6. The molecule has 246 valence electrons. The van der Waals surface area contributed by atoms with E-state index in [2.05, 4.69) is 50.3 Å². The molecule has 0 aliphatic carbocycles. The van der Waals surface area contributed by atoms with Crippen LogP contribution in [0.3, 0.4) is 0 Å². The molecule has 0 aromatic carbocycles. The third-order valence-electron chi connectivity index (χ3n) is 7.94. The predicted molar refractivity (Wildman–Crippen MR) is 185 cm³/mol. The molecule has 0 amide bonds. The number of carbonyl (C=O) groups is 1. The number of hydrogen-bond donors (Lipinski definition) is 0. The Morgan fingerprint density at radius 2 is 0.667 bits per heavy atom. The molecule has 0 fully saturated rings. The van der Waals surface area contributed by atoms with E-state index in [-0.39, 0.29) is 0 Å². The lowest BCUT2D eigenvalue weighted by molar-refractivity contribution is 0.0529. The fourth-order valence-electron chi connectivity index (χ4n) is 5.15. The molecular weight excluding hydrogens is 516 g/mol. The Bertz CT molecular complexity index is 607. The van der Waals surface area contributed by atoms with Crippen molar-refractivity contribution in [2.24, 2.45) is 0 Å². The van der Waals surface area contributed by atoms with Gasteiger partial charge in [0.25, 0.3) is 0 Å². The number of carbonyl (C=O) groups excluding carboxylic acids is 1. The van der Waals surface area contributed by atoms with Crippen LogP contribution < -0.4 is 0 Å². The van der Waals surface area contributed by atoms with Gasteiger partial charge in [-0.3, -0.25) is 0 Å². The van der Waals surface area contributed by atoms with E-state index in [0.717, 1.165) is 32.1 Å². The van der Waals surface area contributed by atoms with Gasteiger partial charge in [-0.05, 0) is 70.6 Å². The van der Waals surface area contributed by atoms with Crippen molar-refractivity contribution in [1.29, 1.82) is 0 Å². The summed E-state index contributed by atoms with van der Waals surface area (Å²) in [5, 5.41) is 0. The maximum atomic E-state index is 11.7. The maximum Gasteiger partial charge on any atom is 0.508 e. The maximum absolute atomic E-state index is 11.7. The Hall–Kier alpha value is -1.51. The van der Waals surface area contributed by atoms with Crippen molar-refractivity contribution in [2.45, 2.75) is 194 Å². The highest BCUT2D eigenvalue weighted by atomic mass is 16.7. The number of rotatable bonds is 33. The van der Waals surface area contributed by atoms with Crippen LogP contribution in [0.1, 0.15) is 194 Å². The molecule has 0 unspecified atom stereocenters. The van der Waals surface area contributed by atoms with Gasteiger partial charge in [0.1, 0.15) is 0 Å². The molecule has 0 rings (SSSR count). The number of hydrogen-bond acceptors (Lipinski definition) is 3. The van der Waals surface area contributed by atoms with Gasteiger partial charge in [0.2, 0.25) is 0 Å². The first-order chi connectivity index (χ1) is 20.8. The third kappa shape index (κ3) is 36.5. The third-order valence-corrected chi connectivity index (χ3v) is 7.94. The van der Waals surface area contributed by atoms with Crippen LogP contribution in [0.25, 0.3) is 0 Å². The molecule has 0 aromatic heterocycles. The van der Waals surface area contributed by atoms with Gasteiger partial charge in [-0.1, -0.05) is 159 Å². The van der Waals surface area contributed by atoms with Crippen LogP contribution in [0.15, 0.2) is 36.5 Å². The summed E-state index contributed by atoms with van der Waals surface area (Å²) in [6, 6.07) is 0. The van der Waals surface area contributed by atoms with Crippen molar-refractivity contribution in [2.75, 3.05) is 13.2 Å². The second-order valence-corrected chi connectivity index (χ2v) is 12.2. The minimum Gasteiger partial charge on any atom is -0.434 e. The molecule has 0 atom stereocenters. The van der Waals surface area contributed by atoms with E-state index in [1.807, 2.05) is 0 Å². The first kappa shape index (κ1) is 40.5. The number of unbranched alkanes of at least 4 members (excludes halogenated alkanes) is 23. The monoisotopic (exact) mass is 589 g/mol. The van der Waals surface area contributed by atoms with Crippen LogP contribution in [-0.2, 0) is 9.47 Å². The van der Waals surface area contributed by atoms with Crippen LogP contribution in [0.5, 0.6) is 0 Å². The highest BCUT2D eigenvalue weighted by molar-refractivity contribution is 5.59. The van der Waals surface area contributed by atoms with Gasteiger partial charge in [0.15, 0.2) is 0 Å². The molecular formula is C39H72O3. The van der Waals surface area contributed by atoms with Gasteiger partial charge in [-0.2, -0.15) is 0 Å². The van der Waals surface area contributed by atoms with Gasteiger partial charge >= 0.3 is 6.16 Å². The summed E-state index contributed by atoms with van der Waals surface area (Å²) in [4.78, 5) is 11.7. The van der Waals surface area contributed by atoms with Crippen molar-refractivity contribution in [3.05, 3.63) is 36.5 Å². The Labute approximate surface area is 263 Å². The van der Waals surface area contributed by atoms with Crippen LogP contribution in [-0.4, -0.2) is 19.4 Å². The van der Waals surface area contributed by atoms with E-state index in [1.165, 1.54) is 148 Å². The highest BCUT2D eigenvalue weighted by Gasteiger charge is 2.03. The van der Waals surface area contributed by atoms with Crippen LogP contribution >= 0.6 is 0 Å². The van der Waals surface area contributed by atoms with Crippen molar-refractivity contribution in [3.8, 4) is 0 Å². The Balaban J connectivity index is 3.25. The van der Waals surface area contributed by atoms with Gasteiger partial charge in [-0.25, -0.2) is 4.79 Å². The molecule has 0 N–H and O–H groups in total. The molecule has 0 spiro atoms. The molecule has 0 saturated heterocycles. The highest BCUT2D eigenvalue weighted by Crippen LogP contribution is 2.12. The summed E-state index contributed by atoms with van der Waals surface area (Å²) >= 11 is 0. The number of ether oxygens (including phenoxy) is 2. The van der Waals surface area contributed by atoms with E-state index in [0.29, 0.717) is 13.2 Å². The van der Waals surface area contributed by atoms with Gasteiger partial charge in [-0.15, -0.1) is 0 Å². The zero-order chi connectivity index (χ0) is 30.4. The number of allylic oxidation sites excluding steroid dienone is 6. The zero-order valence-corrected chi connectivity index (χ0v) is 28.4. The zero-order valence-electron chi connectivity index (χ0n) is 28.4. The molecule has 3 nitrogen and oxygen atoms in total. The van der Waals surface area contributed by atoms with E-state index in [4.69, 9.17) is 9.47 Å². The Morgan fingerprint density at radius 3 is 1.07 bits per heavy atom. The molecule has 0 saturated carbocycles. The molecule has 0 bridgehead atoms. The summed E-state index contributed by atoms with van der Waals surface area (Å²) < 4.78 is 10.4. The topological polar surface area (TPSA) is 35.5 Å². The molecule has 0 aromatic rings. The lowest BCUT2D eigenvalue weighted by Gasteiger charge is -2.06. The summed E-state index contributed by atoms with van der Waals surface area (Å²) in [5.41, 5.74) is 0. The SMILES string of the molecule is CCCCCC=CCC=CCCCCCCCCOC(=O)OCCCCCCCCC=CCCCCCCCCCC. The van der Waals surface area contributed by atoms with Gasteiger partial charge < -0.3 is 9.47 Å². The van der Waals surface area contributed by atoms with E-state index in [9.17, 15) is 4.79 Å².